The average Bonchev–Trinajstić information content (AvgIpc) is 3.32. The van der Waals surface area contributed by atoms with Crippen LogP contribution in [0.5, 0.6) is 0 Å². The molecule has 2 heteroatoms. The molecule has 2 aromatic heterocycles. The maximum Gasteiger partial charge on any atom is 0.0465 e. The predicted molar refractivity (Wildman–Crippen MR) is 128 cm³/mol. The average molecular weight is 392 g/mol. The minimum Gasteiger partial charge on any atom is -0.355 e. The monoisotopic (exact) mass is 391 g/mol. The Labute approximate surface area is 173 Å². The Morgan fingerprint density at radius 1 is 0.690 bits per heavy atom. The van der Waals surface area contributed by atoms with Gasteiger partial charge in [0, 0.05) is 42.0 Å². The number of fused-ring (bicyclic) bond motifs is 6. The molecule has 0 unspecified atom stereocenters. The quantitative estimate of drug-likeness (QED) is 0.312. The van der Waals surface area contributed by atoms with Gasteiger partial charge in [0.2, 0.25) is 0 Å². The van der Waals surface area contributed by atoms with Crippen LogP contribution in [0.1, 0.15) is 18.9 Å². The lowest BCUT2D eigenvalue weighted by atomic mass is 10.00. The van der Waals surface area contributed by atoms with Crippen LogP contribution in [0.25, 0.3) is 53.1 Å². The summed E-state index contributed by atoms with van der Waals surface area (Å²) in [7, 11) is 0. The lowest BCUT2D eigenvalue weighted by Gasteiger charge is -2.04. The molecule has 140 valence electrons. The van der Waals surface area contributed by atoms with Gasteiger partial charge in [-0.15, -0.1) is 11.3 Å². The Hall–Kier alpha value is -3.10. The van der Waals surface area contributed by atoms with Gasteiger partial charge in [-0.05, 0) is 41.3 Å². The van der Waals surface area contributed by atoms with E-state index in [9.17, 15) is 0 Å². The fourth-order valence-corrected chi connectivity index (χ4v) is 5.96. The highest BCUT2D eigenvalue weighted by atomic mass is 32.1. The number of hydrogen-bond acceptors (Lipinski definition) is 1. The SMILES string of the molecule is CCCc1cccc2c1sc1c(-c3ccc4[nH]c5ccccc5c4c3)cccc12. The summed E-state index contributed by atoms with van der Waals surface area (Å²) in [5, 5.41) is 5.35. The molecule has 0 fully saturated rings. The molecular weight excluding hydrogens is 370 g/mol. The normalized spacial score (nSPS) is 11.9. The molecule has 0 saturated carbocycles. The van der Waals surface area contributed by atoms with Crippen LogP contribution in [0.4, 0.5) is 0 Å². The summed E-state index contributed by atoms with van der Waals surface area (Å²) in [5.41, 5.74) is 6.49. The molecule has 0 spiro atoms. The van der Waals surface area contributed by atoms with Gasteiger partial charge >= 0.3 is 0 Å². The third-order valence-corrected chi connectivity index (χ3v) is 7.27. The maximum atomic E-state index is 3.54. The van der Waals surface area contributed by atoms with Crippen LogP contribution in [0.2, 0.25) is 0 Å². The first-order chi connectivity index (χ1) is 14.3. The van der Waals surface area contributed by atoms with Crippen LogP contribution < -0.4 is 0 Å². The van der Waals surface area contributed by atoms with Crippen molar-refractivity contribution in [1.82, 2.24) is 4.98 Å². The first-order valence-corrected chi connectivity index (χ1v) is 11.1. The minimum atomic E-state index is 1.14. The molecule has 0 bridgehead atoms. The van der Waals surface area contributed by atoms with E-state index in [2.05, 4.69) is 90.8 Å². The first kappa shape index (κ1) is 16.8. The van der Waals surface area contributed by atoms with Crippen molar-refractivity contribution in [3.8, 4) is 11.1 Å². The summed E-state index contributed by atoms with van der Waals surface area (Å²) in [6, 6.07) is 28.9. The number of para-hydroxylation sites is 1. The Balaban J connectivity index is 1.64. The number of aromatic nitrogens is 1. The van der Waals surface area contributed by atoms with Crippen LogP contribution in [0, 0.1) is 0 Å². The Bertz CT molecular complexity index is 1520. The number of benzene rings is 4. The van der Waals surface area contributed by atoms with E-state index < -0.39 is 0 Å². The molecular formula is C27H21NS. The second-order valence-corrected chi connectivity index (χ2v) is 8.78. The molecule has 6 aromatic rings. The van der Waals surface area contributed by atoms with Crippen molar-refractivity contribution in [1.29, 1.82) is 0 Å². The zero-order valence-electron chi connectivity index (χ0n) is 16.3. The number of hydrogen-bond donors (Lipinski definition) is 1. The van der Waals surface area contributed by atoms with Crippen molar-refractivity contribution in [2.45, 2.75) is 19.8 Å². The van der Waals surface area contributed by atoms with E-state index in [0.717, 1.165) is 6.42 Å². The van der Waals surface area contributed by atoms with E-state index in [1.165, 1.54) is 65.1 Å². The number of H-pyrrole nitrogens is 1. The van der Waals surface area contributed by atoms with Crippen molar-refractivity contribution in [2.24, 2.45) is 0 Å². The highest BCUT2D eigenvalue weighted by molar-refractivity contribution is 7.26. The van der Waals surface area contributed by atoms with E-state index in [4.69, 9.17) is 0 Å². The van der Waals surface area contributed by atoms with Gasteiger partial charge in [0.05, 0.1) is 0 Å². The lowest BCUT2D eigenvalue weighted by Crippen LogP contribution is -1.81. The third-order valence-electron chi connectivity index (χ3n) is 5.94. The second kappa shape index (κ2) is 6.47. The van der Waals surface area contributed by atoms with Crippen LogP contribution in [0.3, 0.4) is 0 Å². The number of nitrogens with one attached hydrogen (secondary N) is 1. The van der Waals surface area contributed by atoms with Gasteiger partial charge in [-0.25, -0.2) is 0 Å². The smallest absolute Gasteiger partial charge is 0.0465 e. The molecule has 29 heavy (non-hydrogen) atoms. The Morgan fingerprint density at radius 2 is 1.45 bits per heavy atom. The van der Waals surface area contributed by atoms with Crippen molar-refractivity contribution < 1.29 is 0 Å². The molecule has 1 N–H and O–H groups in total. The molecule has 0 atom stereocenters. The Kier molecular flexibility index (Phi) is 3.75. The fourth-order valence-electron chi connectivity index (χ4n) is 4.59. The van der Waals surface area contributed by atoms with E-state index in [-0.39, 0.29) is 0 Å². The van der Waals surface area contributed by atoms with E-state index >= 15 is 0 Å². The molecule has 1 nitrogen and oxygen atoms in total. The summed E-state index contributed by atoms with van der Waals surface area (Å²) in [4.78, 5) is 3.54. The molecule has 0 aliphatic rings. The zero-order valence-corrected chi connectivity index (χ0v) is 17.1. The molecule has 0 aliphatic carbocycles. The number of aryl methyl sites for hydroxylation is 1. The van der Waals surface area contributed by atoms with E-state index in [0.29, 0.717) is 0 Å². The van der Waals surface area contributed by atoms with Gasteiger partial charge in [0.25, 0.3) is 0 Å². The molecule has 0 amide bonds. The zero-order chi connectivity index (χ0) is 19.4. The first-order valence-electron chi connectivity index (χ1n) is 10.3. The van der Waals surface area contributed by atoms with E-state index in [1.54, 1.807) is 0 Å². The summed E-state index contributed by atoms with van der Waals surface area (Å²) >= 11 is 1.95. The minimum absolute atomic E-state index is 1.14. The van der Waals surface area contributed by atoms with Crippen molar-refractivity contribution in [3.63, 3.8) is 0 Å². The standard InChI is InChI=1S/C27H21NS/c1-2-7-17-8-5-11-21-22-12-6-10-19(27(22)29-26(17)21)18-14-15-25-23(16-18)20-9-3-4-13-24(20)28-25/h3-6,8-16,28H,2,7H2,1H3. The van der Waals surface area contributed by atoms with Crippen LogP contribution in [0.15, 0.2) is 78.9 Å². The van der Waals surface area contributed by atoms with Crippen LogP contribution in [-0.4, -0.2) is 4.98 Å². The Morgan fingerprint density at radius 3 is 2.34 bits per heavy atom. The molecule has 0 saturated heterocycles. The highest BCUT2D eigenvalue weighted by Crippen LogP contribution is 2.42. The largest absolute Gasteiger partial charge is 0.355 e. The lowest BCUT2D eigenvalue weighted by molar-refractivity contribution is 0.931. The highest BCUT2D eigenvalue weighted by Gasteiger charge is 2.13. The number of rotatable bonds is 3. The van der Waals surface area contributed by atoms with Crippen molar-refractivity contribution >= 4 is 53.3 Å². The van der Waals surface area contributed by atoms with Gasteiger partial charge in [-0.3, -0.25) is 0 Å². The summed E-state index contributed by atoms with van der Waals surface area (Å²) in [6.07, 6.45) is 2.32. The molecule has 0 radical (unpaired) electrons. The van der Waals surface area contributed by atoms with Gasteiger partial charge in [0.15, 0.2) is 0 Å². The summed E-state index contributed by atoms with van der Waals surface area (Å²) < 4.78 is 2.84. The number of thiophene rings is 1. The summed E-state index contributed by atoms with van der Waals surface area (Å²) in [6.45, 7) is 2.26. The molecule has 6 rings (SSSR count). The molecule has 4 aromatic carbocycles. The molecule has 0 aliphatic heterocycles. The van der Waals surface area contributed by atoms with Gasteiger partial charge in [-0.1, -0.05) is 74.0 Å². The van der Waals surface area contributed by atoms with E-state index in [1.807, 2.05) is 11.3 Å². The second-order valence-electron chi connectivity index (χ2n) is 7.76. The van der Waals surface area contributed by atoms with Crippen LogP contribution in [-0.2, 0) is 6.42 Å². The van der Waals surface area contributed by atoms with Gasteiger partial charge in [-0.2, -0.15) is 0 Å². The molecule has 2 heterocycles. The van der Waals surface area contributed by atoms with Crippen LogP contribution >= 0.6 is 11.3 Å². The topological polar surface area (TPSA) is 15.8 Å². The van der Waals surface area contributed by atoms with Crippen molar-refractivity contribution in [2.75, 3.05) is 0 Å². The van der Waals surface area contributed by atoms with Crippen molar-refractivity contribution in [3.05, 3.63) is 84.4 Å². The fraction of sp³-hybridized carbons (Fsp3) is 0.111. The van der Waals surface area contributed by atoms with Gasteiger partial charge < -0.3 is 4.98 Å². The number of aromatic amines is 1. The maximum absolute atomic E-state index is 3.54. The van der Waals surface area contributed by atoms with Gasteiger partial charge in [0.1, 0.15) is 0 Å². The summed E-state index contributed by atoms with van der Waals surface area (Å²) in [5.74, 6) is 0. The predicted octanol–water partition coefficient (Wildman–Crippen LogP) is 8.31. The third kappa shape index (κ3) is 2.53.